The van der Waals surface area contributed by atoms with Gasteiger partial charge in [-0.3, -0.25) is 9.36 Å². The molecule has 1 aliphatic carbocycles. The number of aliphatic hydroxyl groups excluding tert-OH is 2. The Balaban J connectivity index is 1.94. The van der Waals surface area contributed by atoms with Crippen molar-refractivity contribution < 1.29 is 24.9 Å². The number of nitrogens with zero attached hydrogens (tertiary/aromatic N) is 4. The summed E-state index contributed by atoms with van der Waals surface area (Å²) in [5.41, 5.74) is 5.36. The molecule has 1 saturated carbocycles. The van der Waals surface area contributed by atoms with E-state index in [4.69, 9.17) is 10.5 Å². The molecule has 0 spiro atoms. The number of nitrogens with two attached hydrogens (primary N) is 1. The largest absolute Gasteiger partial charge is 0.394 e. The summed E-state index contributed by atoms with van der Waals surface area (Å²) in [4.78, 5) is 25.5. The zero-order chi connectivity index (χ0) is 24.6. The first kappa shape index (κ1) is 25.3. The number of amides is 1. The van der Waals surface area contributed by atoms with E-state index in [9.17, 15) is 20.1 Å². The molecule has 2 aromatic heterocycles. The van der Waals surface area contributed by atoms with Gasteiger partial charge in [-0.2, -0.15) is 0 Å². The molecular weight excluding hydrogens is 428 g/mol. The van der Waals surface area contributed by atoms with Crippen LogP contribution in [0.4, 0.5) is 5.82 Å². The van der Waals surface area contributed by atoms with Gasteiger partial charge < -0.3 is 31.1 Å². The summed E-state index contributed by atoms with van der Waals surface area (Å²) >= 11 is 0. The van der Waals surface area contributed by atoms with Crippen molar-refractivity contribution in [3.05, 3.63) is 12.2 Å². The van der Waals surface area contributed by atoms with Crippen LogP contribution in [0.3, 0.4) is 0 Å². The number of ether oxygens (including phenoxy) is 1. The lowest BCUT2D eigenvalue weighted by Gasteiger charge is -2.48. The Kier molecular flexibility index (Phi) is 6.99. The molecule has 1 fully saturated rings. The molecule has 1 amide bonds. The number of nitrogen functional groups attached to an aromatic ring is 1. The van der Waals surface area contributed by atoms with Gasteiger partial charge in [-0.05, 0) is 37.0 Å². The third kappa shape index (κ3) is 5.43. The molecule has 6 N–H and O–H groups in total. The zero-order valence-electron chi connectivity index (χ0n) is 20.0. The van der Waals surface area contributed by atoms with E-state index in [0.29, 0.717) is 30.6 Å². The van der Waals surface area contributed by atoms with Crippen LogP contribution in [0.5, 0.6) is 0 Å². The van der Waals surface area contributed by atoms with E-state index in [-0.39, 0.29) is 29.2 Å². The van der Waals surface area contributed by atoms with Gasteiger partial charge in [-0.25, -0.2) is 15.0 Å². The Bertz CT molecular complexity index is 989. The monoisotopic (exact) mass is 464 g/mol. The minimum atomic E-state index is -1.39. The summed E-state index contributed by atoms with van der Waals surface area (Å²) < 4.78 is 7.14. The van der Waals surface area contributed by atoms with Crippen molar-refractivity contribution in [2.45, 2.75) is 78.4 Å². The number of hydrogen-bond acceptors (Lipinski definition) is 9. The number of fused-ring (bicyclic) bond motifs is 1. The van der Waals surface area contributed by atoms with Crippen molar-refractivity contribution in [2.75, 3.05) is 18.9 Å². The van der Waals surface area contributed by atoms with Crippen LogP contribution in [0, 0.1) is 10.8 Å². The summed E-state index contributed by atoms with van der Waals surface area (Å²) in [5, 5.41) is 33.5. The lowest BCUT2D eigenvalue weighted by Crippen LogP contribution is -2.45. The number of aromatic nitrogens is 4. The smallest absolute Gasteiger partial charge is 0.252 e. The molecule has 2 heterocycles. The first-order chi connectivity index (χ1) is 15.3. The van der Waals surface area contributed by atoms with Gasteiger partial charge in [0.05, 0.1) is 12.9 Å². The Morgan fingerprint density at radius 3 is 2.45 bits per heavy atom. The Labute approximate surface area is 193 Å². The standard InChI is InChI=1S/C22H36N6O5/c1-6-24-18(31)15(13(30)7-29)33-12-28-11-25-14-16(23)26-19(27-17(14)28)22(32)9-20(2,3)8-21(4,5)10-22/h11,13,15,29-30,32H,6-10,12H2,1-5H3,(H,24,31)(H2,23,26,27)/t13?,15-/m0/s1. The summed E-state index contributed by atoms with van der Waals surface area (Å²) in [5.74, 6) is -0.177. The molecule has 2 atom stereocenters. The second-order valence-electron chi connectivity index (χ2n) is 10.6. The molecule has 0 aromatic carbocycles. The number of nitrogens with one attached hydrogen (secondary N) is 1. The van der Waals surface area contributed by atoms with Crippen LogP contribution in [0.15, 0.2) is 6.33 Å². The highest BCUT2D eigenvalue weighted by molar-refractivity contribution is 5.82. The molecule has 1 aliphatic rings. The molecule has 11 nitrogen and oxygen atoms in total. The van der Waals surface area contributed by atoms with Crippen LogP contribution in [-0.4, -0.2) is 66.1 Å². The van der Waals surface area contributed by atoms with Gasteiger partial charge in [0.1, 0.15) is 24.0 Å². The normalized spacial score (nSPS) is 21.0. The van der Waals surface area contributed by atoms with Crippen molar-refractivity contribution in [2.24, 2.45) is 10.8 Å². The number of imidazole rings is 1. The summed E-state index contributed by atoms with van der Waals surface area (Å²) in [6, 6.07) is 0. The molecule has 2 aromatic rings. The number of anilines is 1. The molecule has 0 saturated heterocycles. The maximum atomic E-state index is 12.2. The average molecular weight is 465 g/mol. The predicted octanol–water partition coefficient (Wildman–Crippen LogP) is 0.664. The minimum absolute atomic E-state index is 0.118. The van der Waals surface area contributed by atoms with Gasteiger partial charge in [-0.1, -0.05) is 27.7 Å². The number of rotatable bonds is 8. The average Bonchev–Trinajstić information content (AvgIpc) is 3.09. The molecule has 0 bridgehead atoms. The van der Waals surface area contributed by atoms with Crippen molar-refractivity contribution in [3.8, 4) is 0 Å². The third-order valence-corrected chi connectivity index (χ3v) is 5.95. The van der Waals surface area contributed by atoms with Gasteiger partial charge in [0.15, 0.2) is 23.4 Å². The summed E-state index contributed by atoms with van der Waals surface area (Å²) in [6.07, 6.45) is 0.699. The molecule has 0 aliphatic heterocycles. The third-order valence-electron chi connectivity index (χ3n) is 5.95. The predicted molar refractivity (Wildman–Crippen MR) is 122 cm³/mol. The lowest BCUT2D eigenvalue weighted by atomic mass is 9.59. The first-order valence-electron chi connectivity index (χ1n) is 11.2. The van der Waals surface area contributed by atoms with Gasteiger partial charge in [0.2, 0.25) is 0 Å². The van der Waals surface area contributed by atoms with E-state index < -0.39 is 30.3 Å². The minimum Gasteiger partial charge on any atom is -0.394 e. The summed E-state index contributed by atoms with van der Waals surface area (Å²) in [7, 11) is 0. The van der Waals surface area contributed by atoms with Crippen LogP contribution in [0.1, 0.15) is 59.7 Å². The molecule has 3 rings (SSSR count). The lowest BCUT2D eigenvalue weighted by molar-refractivity contribution is -0.147. The molecule has 184 valence electrons. The molecule has 1 unspecified atom stereocenters. The Morgan fingerprint density at radius 1 is 1.24 bits per heavy atom. The quantitative estimate of drug-likeness (QED) is 0.377. The zero-order valence-corrected chi connectivity index (χ0v) is 20.0. The van der Waals surface area contributed by atoms with Crippen LogP contribution in [0.2, 0.25) is 0 Å². The van der Waals surface area contributed by atoms with Gasteiger partial charge in [0, 0.05) is 6.54 Å². The molecular formula is C22H36N6O5. The topological polar surface area (TPSA) is 169 Å². The van der Waals surface area contributed by atoms with E-state index in [0.717, 1.165) is 6.42 Å². The van der Waals surface area contributed by atoms with Crippen LogP contribution in [0.25, 0.3) is 11.2 Å². The number of hydrogen-bond donors (Lipinski definition) is 5. The molecule has 0 radical (unpaired) electrons. The highest BCUT2D eigenvalue weighted by Gasteiger charge is 2.49. The van der Waals surface area contributed by atoms with Gasteiger partial charge in [0.25, 0.3) is 5.91 Å². The van der Waals surface area contributed by atoms with E-state index in [1.165, 1.54) is 10.9 Å². The number of likely N-dealkylation sites (N-methyl/N-ethyl adjacent to an activating group) is 1. The van der Waals surface area contributed by atoms with Crippen molar-refractivity contribution in [1.29, 1.82) is 0 Å². The fourth-order valence-electron chi connectivity index (χ4n) is 5.39. The maximum Gasteiger partial charge on any atom is 0.252 e. The van der Waals surface area contributed by atoms with Crippen LogP contribution >= 0.6 is 0 Å². The number of carbonyl (C=O) groups excluding carboxylic acids is 1. The van der Waals surface area contributed by atoms with Crippen molar-refractivity contribution >= 4 is 22.9 Å². The van der Waals surface area contributed by atoms with Crippen LogP contribution < -0.4 is 11.1 Å². The van der Waals surface area contributed by atoms with E-state index in [1.54, 1.807) is 6.92 Å². The number of carbonyl (C=O) groups is 1. The second kappa shape index (κ2) is 9.13. The van der Waals surface area contributed by atoms with Crippen molar-refractivity contribution in [1.82, 2.24) is 24.8 Å². The first-order valence-corrected chi connectivity index (χ1v) is 11.2. The number of aliphatic hydroxyl groups is 3. The Morgan fingerprint density at radius 2 is 1.88 bits per heavy atom. The van der Waals surface area contributed by atoms with E-state index >= 15 is 0 Å². The van der Waals surface area contributed by atoms with E-state index in [1.807, 2.05) is 0 Å². The fraction of sp³-hybridized carbons (Fsp3) is 0.727. The maximum absolute atomic E-state index is 12.2. The molecule has 11 heteroatoms. The van der Waals surface area contributed by atoms with Crippen molar-refractivity contribution in [3.63, 3.8) is 0 Å². The highest BCUT2D eigenvalue weighted by atomic mass is 16.5. The highest BCUT2D eigenvalue weighted by Crippen LogP contribution is 2.53. The van der Waals surface area contributed by atoms with E-state index in [2.05, 4.69) is 48.0 Å². The fourth-order valence-corrected chi connectivity index (χ4v) is 5.39. The molecule has 33 heavy (non-hydrogen) atoms. The Hall–Kier alpha value is -2.34. The van der Waals surface area contributed by atoms with Crippen LogP contribution in [-0.2, 0) is 21.9 Å². The van der Waals surface area contributed by atoms with Gasteiger partial charge in [-0.15, -0.1) is 0 Å². The van der Waals surface area contributed by atoms with Gasteiger partial charge >= 0.3 is 0 Å². The SMILES string of the molecule is CCNC(=O)[C@@H](OCn1cnc2c(N)nc(C3(O)CC(C)(C)CC(C)(C)C3)nc21)C(O)CO. The summed E-state index contributed by atoms with van der Waals surface area (Å²) in [6.45, 7) is 9.75. The second-order valence-corrected chi connectivity index (χ2v) is 10.6.